The number of amidine groups is 1. The van der Waals surface area contributed by atoms with Gasteiger partial charge >= 0.3 is 0 Å². The number of amides is 2. The summed E-state index contributed by atoms with van der Waals surface area (Å²) in [6.45, 7) is 4.58. The van der Waals surface area contributed by atoms with Gasteiger partial charge < -0.3 is 9.88 Å². The Morgan fingerprint density at radius 2 is 1.59 bits per heavy atom. The van der Waals surface area contributed by atoms with Crippen LogP contribution in [0.25, 0.3) is 11.1 Å². The number of aliphatic imine (C=N–C) groups is 1. The minimum Gasteiger partial charge on any atom is -0.322 e. The predicted octanol–water partition coefficient (Wildman–Crippen LogP) is 9.09. The second-order valence-electron chi connectivity index (χ2n) is 11.6. The fraction of sp³-hybridized carbons (Fsp3) is 0.184. The molecule has 0 unspecified atom stereocenters. The highest BCUT2D eigenvalue weighted by Gasteiger charge is 2.34. The molecule has 3 aromatic carbocycles. The van der Waals surface area contributed by atoms with Gasteiger partial charge in [0.2, 0.25) is 0 Å². The first-order valence-corrected chi connectivity index (χ1v) is 17.2. The van der Waals surface area contributed by atoms with Crippen molar-refractivity contribution in [1.82, 2.24) is 9.47 Å². The van der Waals surface area contributed by atoms with E-state index in [1.54, 1.807) is 16.2 Å². The molecule has 1 N–H and O–H groups in total. The minimum absolute atomic E-state index is 0.0668. The molecule has 46 heavy (non-hydrogen) atoms. The number of aryl methyl sites for hydroxylation is 2. The third-order valence-electron chi connectivity index (χ3n) is 8.42. The van der Waals surface area contributed by atoms with Crippen molar-refractivity contribution >= 4 is 57.5 Å². The first kappa shape index (κ1) is 30.0. The smallest absolute Gasteiger partial charge is 0.267 e. The Morgan fingerprint density at radius 3 is 2.33 bits per heavy atom. The number of fused-ring (bicyclic) bond motifs is 1. The molecule has 1 fully saturated rings. The lowest BCUT2D eigenvalue weighted by Crippen LogP contribution is -2.28. The molecule has 1 aliphatic heterocycles. The maximum atomic E-state index is 13.9. The minimum atomic E-state index is -0.0761. The van der Waals surface area contributed by atoms with Gasteiger partial charge in [0.1, 0.15) is 5.00 Å². The van der Waals surface area contributed by atoms with Crippen molar-refractivity contribution in [2.24, 2.45) is 4.99 Å². The fourth-order valence-corrected chi connectivity index (χ4v) is 8.64. The zero-order valence-electron chi connectivity index (χ0n) is 25.8. The van der Waals surface area contributed by atoms with Crippen LogP contribution in [-0.2, 0) is 24.2 Å². The molecule has 5 aromatic rings. The maximum absolute atomic E-state index is 13.9. The number of benzene rings is 3. The van der Waals surface area contributed by atoms with Crippen LogP contribution < -0.4 is 5.32 Å². The van der Waals surface area contributed by atoms with Crippen molar-refractivity contribution in [3.63, 3.8) is 0 Å². The summed E-state index contributed by atoms with van der Waals surface area (Å²) in [5.74, 6) is -0.143. The lowest BCUT2D eigenvalue weighted by atomic mass is 9.95. The van der Waals surface area contributed by atoms with Crippen molar-refractivity contribution in [2.45, 2.75) is 46.1 Å². The number of carbonyl (C=O) groups excluding carboxylic acids is 2. The molecule has 1 saturated heterocycles. The average molecular weight is 643 g/mol. The normalized spacial score (nSPS) is 16.3. The van der Waals surface area contributed by atoms with E-state index in [9.17, 15) is 9.59 Å². The van der Waals surface area contributed by atoms with Crippen molar-refractivity contribution in [1.29, 1.82) is 0 Å². The van der Waals surface area contributed by atoms with E-state index >= 15 is 0 Å². The third kappa shape index (κ3) is 5.98. The molecular formula is C38H34N4O2S2. The second kappa shape index (κ2) is 13.0. The van der Waals surface area contributed by atoms with Crippen LogP contribution in [0.1, 0.15) is 56.2 Å². The van der Waals surface area contributed by atoms with Crippen molar-refractivity contribution in [3.05, 3.63) is 140 Å². The fourth-order valence-electron chi connectivity index (χ4n) is 6.16. The quantitative estimate of drug-likeness (QED) is 0.180. The Kier molecular flexibility index (Phi) is 8.47. The Hall–Kier alpha value is -4.66. The summed E-state index contributed by atoms with van der Waals surface area (Å²) in [6, 6.07) is 31.5. The van der Waals surface area contributed by atoms with Crippen LogP contribution >= 0.6 is 23.1 Å². The van der Waals surface area contributed by atoms with Gasteiger partial charge in [0.25, 0.3) is 11.8 Å². The largest absolute Gasteiger partial charge is 0.322 e. The van der Waals surface area contributed by atoms with Gasteiger partial charge in [0.05, 0.1) is 22.7 Å². The zero-order chi connectivity index (χ0) is 31.6. The zero-order valence-corrected chi connectivity index (χ0v) is 27.5. The van der Waals surface area contributed by atoms with Gasteiger partial charge in [-0.1, -0.05) is 66.7 Å². The predicted molar refractivity (Wildman–Crippen MR) is 190 cm³/mol. The van der Waals surface area contributed by atoms with Crippen LogP contribution in [0.2, 0.25) is 0 Å². The summed E-state index contributed by atoms with van der Waals surface area (Å²) in [5.41, 5.74) is 7.53. The average Bonchev–Trinajstić information content (AvgIpc) is 3.68. The van der Waals surface area contributed by atoms with E-state index in [4.69, 9.17) is 4.99 Å². The molecule has 1 aliphatic carbocycles. The maximum Gasteiger partial charge on any atom is 0.267 e. The number of anilines is 1. The molecule has 0 atom stereocenters. The van der Waals surface area contributed by atoms with Gasteiger partial charge in [0, 0.05) is 22.0 Å². The van der Waals surface area contributed by atoms with Crippen LogP contribution in [0.3, 0.4) is 0 Å². The van der Waals surface area contributed by atoms with E-state index in [1.165, 1.54) is 22.2 Å². The lowest BCUT2D eigenvalue weighted by molar-refractivity contribution is -0.122. The highest BCUT2D eigenvalue weighted by Crippen LogP contribution is 2.41. The van der Waals surface area contributed by atoms with Crippen molar-refractivity contribution in [3.8, 4) is 5.00 Å². The molecule has 6 nitrogen and oxygen atoms in total. The summed E-state index contributed by atoms with van der Waals surface area (Å²) in [7, 11) is 0. The SMILES string of the molecule is Cc1cc(/C=C2\SC(=Nc3ccccc3)N(Cc3ccccc3)C2=O)c(C)n1-c1sc2c(c1C(=O)Nc1ccccc1)CCCC2. The lowest BCUT2D eigenvalue weighted by Gasteiger charge is -2.15. The number of para-hydroxylation sites is 2. The van der Waals surface area contributed by atoms with E-state index in [-0.39, 0.29) is 11.8 Å². The van der Waals surface area contributed by atoms with E-state index < -0.39 is 0 Å². The number of nitrogens with zero attached hydrogens (tertiary/aromatic N) is 3. The van der Waals surface area contributed by atoms with E-state index in [1.807, 2.05) is 97.1 Å². The molecule has 8 heteroatoms. The number of nitrogens with one attached hydrogen (secondary N) is 1. The Bertz CT molecular complexity index is 1980. The Morgan fingerprint density at radius 1 is 0.913 bits per heavy atom. The highest BCUT2D eigenvalue weighted by molar-refractivity contribution is 8.18. The summed E-state index contributed by atoms with van der Waals surface area (Å²) in [5, 5.41) is 4.75. The van der Waals surface area contributed by atoms with Gasteiger partial charge in [-0.25, -0.2) is 4.99 Å². The number of carbonyl (C=O) groups is 2. The van der Waals surface area contributed by atoms with E-state index in [0.717, 1.165) is 70.1 Å². The monoisotopic (exact) mass is 642 g/mol. The van der Waals surface area contributed by atoms with Gasteiger partial charge in [-0.05, 0) is 104 Å². The number of hydrogen-bond acceptors (Lipinski definition) is 5. The molecule has 0 saturated carbocycles. The van der Waals surface area contributed by atoms with Crippen molar-refractivity contribution in [2.75, 3.05) is 5.32 Å². The van der Waals surface area contributed by atoms with E-state index in [0.29, 0.717) is 16.6 Å². The van der Waals surface area contributed by atoms with Crippen LogP contribution in [0.15, 0.2) is 107 Å². The molecule has 3 heterocycles. The standard InChI is InChI=1S/C38H34N4O2S2/c1-25-22-28(23-33-36(44)41(24-27-14-6-3-7-15-27)38(46-33)40-30-18-10-5-11-19-30)26(2)42(25)37-34(31-20-12-13-21-32(31)45-37)35(43)39-29-16-8-4-9-17-29/h3-11,14-19,22-23H,12-13,20-21,24H2,1-2H3,(H,39,43)/b33-23-,40-38?. The molecule has 0 radical (unpaired) electrons. The van der Waals surface area contributed by atoms with Crippen molar-refractivity contribution < 1.29 is 9.59 Å². The summed E-state index contributed by atoms with van der Waals surface area (Å²) in [6.07, 6.45) is 6.11. The number of aromatic nitrogens is 1. The summed E-state index contributed by atoms with van der Waals surface area (Å²) in [4.78, 5) is 36.4. The summed E-state index contributed by atoms with van der Waals surface area (Å²) >= 11 is 3.13. The molecule has 2 aliphatic rings. The van der Waals surface area contributed by atoms with Gasteiger partial charge in [-0.2, -0.15) is 0 Å². The van der Waals surface area contributed by atoms with E-state index in [2.05, 4.69) is 29.8 Å². The van der Waals surface area contributed by atoms with Gasteiger partial charge in [-0.15, -0.1) is 11.3 Å². The third-order valence-corrected chi connectivity index (χ3v) is 10.7. The number of thiophene rings is 1. The second-order valence-corrected chi connectivity index (χ2v) is 13.7. The van der Waals surface area contributed by atoms with Crippen LogP contribution in [-0.4, -0.2) is 26.4 Å². The number of thioether (sulfide) groups is 1. The number of rotatable bonds is 7. The molecule has 2 aromatic heterocycles. The number of hydrogen-bond donors (Lipinski definition) is 1. The van der Waals surface area contributed by atoms with Crippen LogP contribution in [0.4, 0.5) is 11.4 Å². The first-order valence-electron chi connectivity index (χ1n) is 15.6. The molecule has 2 amide bonds. The Labute approximate surface area is 277 Å². The first-order chi connectivity index (χ1) is 22.5. The van der Waals surface area contributed by atoms with Gasteiger partial charge in [0.15, 0.2) is 5.17 Å². The highest BCUT2D eigenvalue weighted by atomic mass is 32.2. The molecule has 7 rings (SSSR count). The Balaban J connectivity index is 1.26. The molecule has 0 bridgehead atoms. The van der Waals surface area contributed by atoms with Crippen LogP contribution in [0, 0.1) is 13.8 Å². The molecule has 0 spiro atoms. The summed E-state index contributed by atoms with van der Waals surface area (Å²) < 4.78 is 2.19. The topological polar surface area (TPSA) is 66.7 Å². The van der Waals surface area contributed by atoms with Gasteiger partial charge in [-0.3, -0.25) is 14.5 Å². The van der Waals surface area contributed by atoms with Crippen LogP contribution in [0.5, 0.6) is 0 Å². The molecule has 230 valence electrons. The molecular weight excluding hydrogens is 609 g/mol.